The van der Waals surface area contributed by atoms with Crippen LogP contribution >= 0.6 is 11.3 Å². The Hall–Kier alpha value is -0.610. The summed E-state index contributed by atoms with van der Waals surface area (Å²) in [6.07, 6.45) is 3.92. The predicted octanol–water partition coefficient (Wildman–Crippen LogP) is 2.31. The van der Waals surface area contributed by atoms with Gasteiger partial charge in [-0.1, -0.05) is 0 Å². The van der Waals surface area contributed by atoms with Gasteiger partial charge in [0.05, 0.1) is 5.69 Å². The van der Waals surface area contributed by atoms with Crippen LogP contribution in [0, 0.1) is 13.8 Å². The molecule has 0 saturated heterocycles. The fourth-order valence-corrected chi connectivity index (χ4v) is 2.27. The molecule has 2 N–H and O–H groups in total. The number of rotatable bonds is 6. The topological polar surface area (TPSA) is 37.0 Å². The van der Waals surface area contributed by atoms with Gasteiger partial charge in [-0.2, -0.15) is 0 Å². The predicted molar refractivity (Wildman–Crippen MR) is 65.7 cm³/mol. The molecule has 0 atom stereocenters. The summed E-state index contributed by atoms with van der Waals surface area (Å²) in [6, 6.07) is 0.828. The van der Waals surface area contributed by atoms with Crippen LogP contribution in [0.3, 0.4) is 0 Å². The minimum absolute atomic E-state index is 0.828. The van der Waals surface area contributed by atoms with Crippen LogP contribution in [-0.2, 0) is 0 Å². The number of nitrogens with zero attached hydrogens (tertiary/aromatic N) is 1. The van der Waals surface area contributed by atoms with E-state index in [4.69, 9.17) is 0 Å². The second-order valence-electron chi connectivity index (χ2n) is 4.17. The maximum Gasteiger partial charge on any atom is 0.183 e. The van der Waals surface area contributed by atoms with Gasteiger partial charge in [0.25, 0.3) is 0 Å². The number of nitrogens with one attached hydrogen (secondary N) is 2. The van der Waals surface area contributed by atoms with Gasteiger partial charge in [-0.15, -0.1) is 11.3 Å². The summed E-state index contributed by atoms with van der Waals surface area (Å²) < 4.78 is 0. The molecule has 1 aromatic rings. The van der Waals surface area contributed by atoms with Crippen LogP contribution < -0.4 is 10.6 Å². The van der Waals surface area contributed by atoms with E-state index in [1.54, 1.807) is 11.3 Å². The Balaban J connectivity index is 1.60. The van der Waals surface area contributed by atoms with E-state index in [2.05, 4.69) is 29.5 Å². The van der Waals surface area contributed by atoms with E-state index >= 15 is 0 Å². The SMILES string of the molecule is Cc1nc(NCCCNC2CC2)sc1C. The summed E-state index contributed by atoms with van der Waals surface area (Å²) in [5.41, 5.74) is 1.15. The molecule has 0 radical (unpaired) electrons. The zero-order valence-electron chi connectivity index (χ0n) is 9.47. The first-order chi connectivity index (χ1) is 7.25. The molecule has 0 amide bonds. The first-order valence-electron chi connectivity index (χ1n) is 5.67. The molecule has 1 saturated carbocycles. The van der Waals surface area contributed by atoms with E-state index < -0.39 is 0 Å². The van der Waals surface area contributed by atoms with Gasteiger partial charge in [0.15, 0.2) is 5.13 Å². The van der Waals surface area contributed by atoms with Crippen molar-refractivity contribution in [3.63, 3.8) is 0 Å². The molecule has 0 aromatic carbocycles. The highest BCUT2D eigenvalue weighted by Crippen LogP contribution is 2.21. The Morgan fingerprint density at radius 1 is 1.33 bits per heavy atom. The lowest BCUT2D eigenvalue weighted by atomic mass is 10.4. The number of hydrogen-bond donors (Lipinski definition) is 2. The first kappa shape index (κ1) is 10.9. The van der Waals surface area contributed by atoms with E-state index in [1.165, 1.54) is 24.1 Å². The molecule has 1 aliphatic rings. The second kappa shape index (κ2) is 4.94. The van der Waals surface area contributed by atoms with Gasteiger partial charge in [-0.3, -0.25) is 0 Å². The van der Waals surface area contributed by atoms with Crippen molar-refractivity contribution in [2.45, 2.75) is 39.2 Å². The summed E-state index contributed by atoms with van der Waals surface area (Å²) in [7, 11) is 0. The van der Waals surface area contributed by atoms with Crippen LogP contribution in [-0.4, -0.2) is 24.1 Å². The van der Waals surface area contributed by atoms with Crippen molar-refractivity contribution in [2.24, 2.45) is 0 Å². The molecule has 2 rings (SSSR count). The molecular formula is C11H19N3S. The smallest absolute Gasteiger partial charge is 0.183 e. The monoisotopic (exact) mass is 225 g/mol. The van der Waals surface area contributed by atoms with Gasteiger partial charge >= 0.3 is 0 Å². The maximum atomic E-state index is 4.44. The van der Waals surface area contributed by atoms with Crippen molar-refractivity contribution >= 4 is 16.5 Å². The number of thiazole rings is 1. The fourth-order valence-electron chi connectivity index (χ4n) is 1.43. The normalized spacial score (nSPS) is 15.6. The van der Waals surface area contributed by atoms with Crippen molar-refractivity contribution < 1.29 is 0 Å². The van der Waals surface area contributed by atoms with E-state index in [0.717, 1.165) is 30.0 Å². The van der Waals surface area contributed by atoms with Gasteiger partial charge in [0.2, 0.25) is 0 Å². The Morgan fingerprint density at radius 3 is 2.73 bits per heavy atom. The average molecular weight is 225 g/mol. The quantitative estimate of drug-likeness (QED) is 0.730. The van der Waals surface area contributed by atoms with Gasteiger partial charge < -0.3 is 10.6 Å². The third-order valence-corrected chi connectivity index (χ3v) is 3.70. The summed E-state index contributed by atoms with van der Waals surface area (Å²) in [4.78, 5) is 5.76. The molecule has 84 valence electrons. The molecule has 0 spiro atoms. The molecule has 3 nitrogen and oxygen atoms in total. The molecule has 1 aliphatic carbocycles. The van der Waals surface area contributed by atoms with Crippen LogP contribution in [0.5, 0.6) is 0 Å². The van der Waals surface area contributed by atoms with E-state index in [-0.39, 0.29) is 0 Å². The van der Waals surface area contributed by atoms with Crippen molar-refractivity contribution in [3.8, 4) is 0 Å². The van der Waals surface area contributed by atoms with Crippen molar-refractivity contribution in [1.29, 1.82) is 0 Å². The zero-order chi connectivity index (χ0) is 10.7. The van der Waals surface area contributed by atoms with Gasteiger partial charge in [0.1, 0.15) is 0 Å². The molecule has 15 heavy (non-hydrogen) atoms. The standard InChI is InChI=1S/C11H19N3S/c1-8-9(2)15-11(14-8)13-7-3-6-12-10-4-5-10/h10,12H,3-7H2,1-2H3,(H,13,14). The molecule has 0 aliphatic heterocycles. The lowest BCUT2D eigenvalue weighted by molar-refractivity contribution is 0.659. The highest BCUT2D eigenvalue weighted by Gasteiger charge is 2.19. The minimum atomic E-state index is 0.828. The molecule has 0 bridgehead atoms. The molecular weight excluding hydrogens is 206 g/mol. The fraction of sp³-hybridized carbons (Fsp3) is 0.727. The van der Waals surface area contributed by atoms with Crippen LogP contribution in [0.4, 0.5) is 5.13 Å². The number of anilines is 1. The Labute approximate surface area is 95.3 Å². The lowest BCUT2D eigenvalue weighted by Crippen LogP contribution is -2.19. The largest absolute Gasteiger partial charge is 0.361 e. The first-order valence-corrected chi connectivity index (χ1v) is 6.48. The van der Waals surface area contributed by atoms with E-state index in [9.17, 15) is 0 Å². The van der Waals surface area contributed by atoms with E-state index in [0.29, 0.717) is 0 Å². The minimum Gasteiger partial charge on any atom is -0.361 e. The van der Waals surface area contributed by atoms with Crippen molar-refractivity contribution in [2.75, 3.05) is 18.4 Å². The zero-order valence-corrected chi connectivity index (χ0v) is 10.3. The summed E-state index contributed by atoms with van der Waals surface area (Å²) in [6.45, 7) is 6.33. The summed E-state index contributed by atoms with van der Waals surface area (Å²) in [5.74, 6) is 0. The van der Waals surface area contributed by atoms with Crippen molar-refractivity contribution in [3.05, 3.63) is 10.6 Å². The average Bonchev–Trinajstić information content (AvgIpc) is 2.95. The summed E-state index contributed by atoms with van der Waals surface area (Å²) >= 11 is 1.75. The van der Waals surface area contributed by atoms with Crippen LogP contribution in [0.15, 0.2) is 0 Å². The molecule has 1 aromatic heterocycles. The van der Waals surface area contributed by atoms with Gasteiger partial charge in [-0.25, -0.2) is 4.98 Å². The van der Waals surface area contributed by atoms with Crippen LogP contribution in [0.25, 0.3) is 0 Å². The third kappa shape index (κ3) is 3.47. The number of aromatic nitrogens is 1. The Morgan fingerprint density at radius 2 is 2.13 bits per heavy atom. The van der Waals surface area contributed by atoms with Crippen molar-refractivity contribution in [1.82, 2.24) is 10.3 Å². The summed E-state index contributed by atoms with van der Waals surface area (Å²) in [5, 5.41) is 7.94. The maximum absolute atomic E-state index is 4.44. The lowest BCUT2D eigenvalue weighted by Gasteiger charge is -2.03. The molecule has 0 unspecified atom stereocenters. The van der Waals surface area contributed by atoms with E-state index in [1.807, 2.05) is 0 Å². The second-order valence-corrected chi connectivity index (χ2v) is 5.37. The van der Waals surface area contributed by atoms with Gasteiger partial charge in [-0.05, 0) is 39.7 Å². The number of hydrogen-bond acceptors (Lipinski definition) is 4. The number of aryl methyl sites for hydroxylation is 2. The highest BCUT2D eigenvalue weighted by molar-refractivity contribution is 7.15. The Kier molecular flexibility index (Phi) is 3.59. The van der Waals surface area contributed by atoms with Crippen LogP contribution in [0.1, 0.15) is 29.8 Å². The third-order valence-electron chi connectivity index (χ3n) is 2.67. The van der Waals surface area contributed by atoms with Crippen LogP contribution in [0.2, 0.25) is 0 Å². The highest BCUT2D eigenvalue weighted by atomic mass is 32.1. The molecule has 1 fully saturated rings. The molecule has 1 heterocycles. The van der Waals surface area contributed by atoms with Gasteiger partial charge in [0, 0.05) is 17.5 Å². The Bertz CT molecular complexity index is 298. The molecule has 4 heteroatoms.